The van der Waals surface area contributed by atoms with E-state index in [2.05, 4.69) is 35.0 Å². The molecule has 1 fully saturated rings. The molecule has 0 N–H and O–H groups in total. The molecule has 2 rings (SSSR count). The number of ether oxygens (including phenoxy) is 2. The van der Waals surface area contributed by atoms with E-state index in [9.17, 15) is 0 Å². The molecule has 2 unspecified atom stereocenters. The molecule has 3 heteroatoms. The highest BCUT2D eigenvalue weighted by molar-refractivity contribution is 9.08. The average Bonchev–Trinajstić information content (AvgIpc) is 2.47. The number of hydrogen-bond acceptors (Lipinski definition) is 2. The van der Waals surface area contributed by atoms with Gasteiger partial charge in [0.05, 0.1) is 7.11 Å². The van der Waals surface area contributed by atoms with Gasteiger partial charge in [0.15, 0.2) is 11.5 Å². The predicted octanol–water partition coefficient (Wildman–Crippen LogP) is 4.94. The summed E-state index contributed by atoms with van der Waals surface area (Å²) in [5, 5.41) is 0.842. The van der Waals surface area contributed by atoms with Crippen molar-refractivity contribution in [2.45, 2.75) is 50.5 Å². The molecule has 1 saturated carbocycles. The van der Waals surface area contributed by atoms with Crippen molar-refractivity contribution in [3.8, 4) is 11.5 Å². The van der Waals surface area contributed by atoms with Gasteiger partial charge >= 0.3 is 0 Å². The van der Waals surface area contributed by atoms with Crippen LogP contribution in [-0.2, 0) is 5.33 Å². The number of hydrogen-bond donors (Lipinski definition) is 0. The molecule has 1 aromatic rings. The van der Waals surface area contributed by atoms with Gasteiger partial charge in [-0.3, -0.25) is 0 Å². The van der Waals surface area contributed by atoms with Gasteiger partial charge in [0.1, 0.15) is 6.10 Å². The van der Waals surface area contributed by atoms with Crippen molar-refractivity contribution in [3.05, 3.63) is 23.8 Å². The molecular weight excluding hydrogens is 304 g/mol. The van der Waals surface area contributed by atoms with Crippen LogP contribution >= 0.6 is 15.9 Å². The van der Waals surface area contributed by atoms with Gasteiger partial charge in [0.25, 0.3) is 0 Å². The third-order valence-corrected chi connectivity index (χ3v) is 4.67. The molecule has 2 atom stereocenters. The molecule has 0 bridgehead atoms. The minimum Gasteiger partial charge on any atom is -0.493 e. The molecule has 19 heavy (non-hydrogen) atoms. The van der Waals surface area contributed by atoms with Crippen LogP contribution in [0.2, 0.25) is 0 Å². The number of methoxy groups -OCH3 is 1. The first-order valence-electron chi connectivity index (χ1n) is 7.18. The lowest BCUT2D eigenvalue weighted by Crippen LogP contribution is -2.30. The van der Waals surface area contributed by atoms with Crippen LogP contribution in [0.25, 0.3) is 0 Å². The second-order valence-corrected chi connectivity index (χ2v) is 5.79. The summed E-state index contributed by atoms with van der Waals surface area (Å²) >= 11 is 3.49. The predicted molar refractivity (Wildman–Crippen MR) is 82.3 cm³/mol. The molecule has 1 aliphatic rings. The van der Waals surface area contributed by atoms with Crippen LogP contribution < -0.4 is 9.47 Å². The highest BCUT2D eigenvalue weighted by Crippen LogP contribution is 2.35. The Balaban J connectivity index is 2.16. The van der Waals surface area contributed by atoms with E-state index >= 15 is 0 Å². The first kappa shape index (κ1) is 14.7. The lowest BCUT2D eigenvalue weighted by molar-refractivity contribution is 0.0873. The lowest BCUT2D eigenvalue weighted by atomic mass is 9.85. The Morgan fingerprint density at radius 2 is 2.00 bits per heavy atom. The summed E-state index contributed by atoms with van der Waals surface area (Å²) < 4.78 is 11.7. The number of alkyl halides is 1. The standard InChI is InChI=1S/C16H23BrO2/c1-3-13-6-4-5-7-14(13)19-16-10-12(11-17)8-9-15(16)18-2/h8-10,13-14H,3-7,11H2,1-2H3. The molecule has 0 saturated heterocycles. The third kappa shape index (κ3) is 3.65. The van der Waals surface area contributed by atoms with Gasteiger partial charge in [-0.15, -0.1) is 0 Å². The lowest BCUT2D eigenvalue weighted by Gasteiger charge is -2.31. The van der Waals surface area contributed by atoms with Crippen molar-refractivity contribution in [1.29, 1.82) is 0 Å². The van der Waals surface area contributed by atoms with E-state index in [-0.39, 0.29) is 0 Å². The van der Waals surface area contributed by atoms with Crippen LogP contribution in [0.1, 0.15) is 44.6 Å². The van der Waals surface area contributed by atoms with Crippen molar-refractivity contribution in [2.24, 2.45) is 5.92 Å². The van der Waals surface area contributed by atoms with Crippen LogP contribution in [-0.4, -0.2) is 13.2 Å². The van der Waals surface area contributed by atoms with Gasteiger partial charge in [0, 0.05) is 5.33 Å². The minimum atomic E-state index is 0.346. The molecule has 0 heterocycles. The fourth-order valence-electron chi connectivity index (χ4n) is 2.86. The van der Waals surface area contributed by atoms with E-state index in [0.717, 1.165) is 16.8 Å². The van der Waals surface area contributed by atoms with Crippen molar-refractivity contribution in [2.75, 3.05) is 7.11 Å². The molecule has 0 spiro atoms. The highest BCUT2D eigenvalue weighted by Gasteiger charge is 2.26. The molecule has 106 valence electrons. The minimum absolute atomic E-state index is 0.346. The average molecular weight is 327 g/mol. The number of halogens is 1. The van der Waals surface area contributed by atoms with E-state index in [1.165, 1.54) is 37.7 Å². The maximum Gasteiger partial charge on any atom is 0.161 e. The Morgan fingerprint density at radius 1 is 1.21 bits per heavy atom. The van der Waals surface area contributed by atoms with E-state index in [4.69, 9.17) is 9.47 Å². The summed E-state index contributed by atoms with van der Waals surface area (Å²) in [5.74, 6) is 2.42. The van der Waals surface area contributed by atoms with Crippen molar-refractivity contribution < 1.29 is 9.47 Å². The second-order valence-electron chi connectivity index (χ2n) is 5.23. The van der Waals surface area contributed by atoms with Gasteiger partial charge < -0.3 is 9.47 Å². The molecular formula is C16H23BrO2. The molecule has 0 aliphatic heterocycles. The Kier molecular flexibility index (Phi) is 5.56. The fraction of sp³-hybridized carbons (Fsp3) is 0.625. The number of benzene rings is 1. The smallest absolute Gasteiger partial charge is 0.161 e. The van der Waals surface area contributed by atoms with Crippen LogP contribution in [0.5, 0.6) is 11.5 Å². The fourth-order valence-corrected chi connectivity index (χ4v) is 3.20. The molecule has 1 aliphatic carbocycles. The van der Waals surface area contributed by atoms with Gasteiger partial charge in [0.2, 0.25) is 0 Å². The van der Waals surface area contributed by atoms with Gasteiger partial charge in [-0.2, -0.15) is 0 Å². The normalized spacial score (nSPS) is 23.1. The van der Waals surface area contributed by atoms with Crippen LogP contribution in [0.4, 0.5) is 0 Å². The second kappa shape index (κ2) is 7.18. The Bertz CT molecular complexity index is 406. The van der Waals surface area contributed by atoms with E-state index in [1.54, 1.807) is 7.11 Å². The summed E-state index contributed by atoms with van der Waals surface area (Å²) in [5.41, 5.74) is 1.22. The van der Waals surface area contributed by atoms with E-state index in [0.29, 0.717) is 12.0 Å². The number of rotatable bonds is 5. The topological polar surface area (TPSA) is 18.5 Å². The molecule has 1 aromatic carbocycles. The summed E-state index contributed by atoms with van der Waals surface area (Å²) in [4.78, 5) is 0. The first-order valence-corrected chi connectivity index (χ1v) is 8.30. The van der Waals surface area contributed by atoms with Crippen molar-refractivity contribution in [3.63, 3.8) is 0 Å². The summed E-state index contributed by atoms with van der Waals surface area (Å²) in [6.07, 6.45) is 6.63. The Hall–Kier alpha value is -0.700. The zero-order chi connectivity index (χ0) is 13.7. The maximum atomic E-state index is 6.28. The Morgan fingerprint density at radius 3 is 2.68 bits per heavy atom. The van der Waals surface area contributed by atoms with Crippen molar-refractivity contribution >= 4 is 15.9 Å². The third-order valence-electron chi connectivity index (χ3n) is 4.02. The molecule has 2 nitrogen and oxygen atoms in total. The van der Waals surface area contributed by atoms with Gasteiger partial charge in [-0.05, 0) is 49.3 Å². The Labute approximate surface area is 124 Å². The van der Waals surface area contributed by atoms with E-state index in [1.807, 2.05) is 6.07 Å². The first-order chi connectivity index (χ1) is 9.28. The SMILES string of the molecule is CCC1CCCCC1Oc1cc(CBr)ccc1OC. The zero-order valence-corrected chi connectivity index (χ0v) is 13.4. The molecule has 0 aromatic heterocycles. The van der Waals surface area contributed by atoms with Crippen LogP contribution in [0.15, 0.2) is 18.2 Å². The summed E-state index contributed by atoms with van der Waals surface area (Å²) in [6.45, 7) is 2.26. The maximum absolute atomic E-state index is 6.28. The molecule has 0 radical (unpaired) electrons. The van der Waals surface area contributed by atoms with Gasteiger partial charge in [-0.25, -0.2) is 0 Å². The van der Waals surface area contributed by atoms with Crippen LogP contribution in [0, 0.1) is 5.92 Å². The quantitative estimate of drug-likeness (QED) is 0.713. The monoisotopic (exact) mass is 326 g/mol. The summed E-state index contributed by atoms with van der Waals surface area (Å²) in [6, 6.07) is 6.16. The highest BCUT2D eigenvalue weighted by atomic mass is 79.9. The van der Waals surface area contributed by atoms with Crippen molar-refractivity contribution in [1.82, 2.24) is 0 Å². The molecule has 0 amide bonds. The van der Waals surface area contributed by atoms with Gasteiger partial charge in [-0.1, -0.05) is 35.3 Å². The summed E-state index contributed by atoms with van der Waals surface area (Å²) in [7, 11) is 1.70. The largest absolute Gasteiger partial charge is 0.493 e. The zero-order valence-electron chi connectivity index (χ0n) is 11.8. The van der Waals surface area contributed by atoms with Crippen LogP contribution in [0.3, 0.4) is 0 Å². The van der Waals surface area contributed by atoms with E-state index < -0.39 is 0 Å².